The molecular formula is C22H34BrClN4O4. The van der Waals surface area contributed by atoms with E-state index in [1.54, 1.807) is 13.2 Å². The molecule has 2 aliphatic rings. The van der Waals surface area contributed by atoms with Gasteiger partial charge in [-0.25, -0.2) is 0 Å². The van der Waals surface area contributed by atoms with Crippen LogP contribution in [0.5, 0.6) is 5.75 Å². The number of carbonyl (C=O) groups is 2. The average molecular weight is 534 g/mol. The van der Waals surface area contributed by atoms with Gasteiger partial charge >= 0.3 is 0 Å². The van der Waals surface area contributed by atoms with Crippen molar-refractivity contribution >= 4 is 45.6 Å². The lowest BCUT2D eigenvalue weighted by molar-refractivity contribution is -0.134. The van der Waals surface area contributed by atoms with E-state index in [2.05, 4.69) is 36.2 Å². The van der Waals surface area contributed by atoms with Crippen molar-refractivity contribution in [1.29, 1.82) is 0 Å². The molecule has 0 radical (unpaired) electrons. The number of nitrogens with one attached hydrogen (secondary N) is 2. The maximum absolute atomic E-state index is 12.8. The molecule has 2 aliphatic heterocycles. The molecule has 0 aromatic heterocycles. The van der Waals surface area contributed by atoms with Crippen molar-refractivity contribution < 1.29 is 19.1 Å². The minimum absolute atomic E-state index is 0.111. The third-order valence-corrected chi connectivity index (χ3v) is 6.77. The zero-order valence-electron chi connectivity index (χ0n) is 19.0. The van der Waals surface area contributed by atoms with Gasteiger partial charge in [0.2, 0.25) is 5.91 Å². The Morgan fingerprint density at radius 3 is 2.56 bits per heavy atom. The molecule has 1 atom stereocenters. The lowest BCUT2D eigenvalue weighted by Crippen LogP contribution is -2.62. The normalized spacial score (nSPS) is 17.5. The number of amides is 1. The Kier molecular flexibility index (Phi) is 11.6. The van der Waals surface area contributed by atoms with E-state index in [1.807, 2.05) is 24.8 Å². The molecule has 10 heteroatoms. The Morgan fingerprint density at radius 2 is 2.03 bits per heavy atom. The monoisotopic (exact) mass is 532 g/mol. The first-order chi connectivity index (χ1) is 15.4. The number of unbranched alkanes of at least 4 members (excludes halogenated alkanes) is 1. The van der Waals surface area contributed by atoms with Crippen molar-refractivity contribution in [2.75, 3.05) is 58.3 Å². The molecule has 32 heavy (non-hydrogen) atoms. The number of rotatable bonds is 9. The molecular weight excluding hydrogens is 500 g/mol. The number of nitrogens with zero attached hydrogens (tertiary/aromatic N) is 2. The Labute approximate surface area is 204 Å². The first-order valence-corrected chi connectivity index (χ1v) is 12.2. The fourth-order valence-corrected chi connectivity index (χ4v) is 3.99. The van der Waals surface area contributed by atoms with Crippen molar-refractivity contribution in [3.8, 4) is 5.75 Å². The smallest absolute Gasteiger partial charge is 0.293 e. The molecule has 2 saturated heterocycles. The second kappa shape index (κ2) is 13.9. The van der Waals surface area contributed by atoms with E-state index in [0.29, 0.717) is 29.9 Å². The molecule has 0 unspecified atom stereocenters. The van der Waals surface area contributed by atoms with Crippen LogP contribution in [-0.2, 0) is 14.3 Å². The summed E-state index contributed by atoms with van der Waals surface area (Å²) in [7, 11) is 1.59. The molecule has 0 saturated carbocycles. The maximum Gasteiger partial charge on any atom is 0.293 e. The van der Waals surface area contributed by atoms with Crippen LogP contribution in [0.3, 0.4) is 0 Å². The Balaban J connectivity index is 0.000000451. The summed E-state index contributed by atoms with van der Waals surface area (Å²) in [6.45, 7) is 10.6. The summed E-state index contributed by atoms with van der Waals surface area (Å²) >= 11 is 9.51. The lowest BCUT2D eigenvalue weighted by atomic mass is 10.1. The van der Waals surface area contributed by atoms with Gasteiger partial charge in [0.25, 0.3) is 6.47 Å². The fourth-order valence-electron chi connectivity index (χ4n) is 3.49. The van der Waals surface area contributed by atoms with E-state index < -0.39 is 0 Å². The SMILES string of the molecule is CCCCOC=O.COc1cc(Cl)c(Br)cc1N[C@@H](C)C(=O)N1CCN(C2CNC2)CC1. The summed E-state index contributed by atoms with van der Waals surface area (Å²) in [6.07, 6.45) is 2.05. The van der Waals surface area contributed by atoms with E-state index in [9.17, 15) is 9.59 Å². The van der Waals surface area contributed by atoms with Crippen LogP contribution in [0.25, 0.3) is 0 Å². The number of anilines is 1. The van der Waals surface area contributed by atoms with Crippen molar-refractivity contribution in [3.05, 3.63) is 21.6 Å². The number of benzene rings is 1. The zero-order chi connectivity index (χ0) is 23.5. The molecule has 1 amide bonds. The quantitative estimate of drug-likeness (QED) is 0.373. The van der Waals surface area contributed by atoms with Crippen molar-refractivity contribution in [2.24, 2.45) is 0 Å². The number of hydrogen-bond donors (Lipinski definition) is 2. The molecule has 2 heterocycles. The molecule has 0 bridgehead atoms. The number of hydrogen-bond acceptors (Lipinski definition) is 7. The minimum atomic E-state index is -0.334. The number of halogens is 2. The Bertz CT molecular complexity index is 743. The van der Waals surface area contributed by atoms with Crippen LogP contribution in [0.2, 0.25) is 5.02 Å². The van der Waals surface area contributed by atoms with Gasteiger partial charge in [0.1, 0.15) is 11.8 Å². The molecule has 0 spiro atoms. The topological polar surface area (TPSA) is 83.1 Å². The summed E-state index contributed by atoms with van der Waals surface area (Å²) in [5.74, 6) is 0.731. The first-order valence-electron chi connectivity index (χ1n) is 11.0. The number of methoxy groups -OCH3 is 1. The van der Waals surface area contributed by atoms with Gasteiger partial charge < -0.3 is 25.0 Å². The summed E-state index contributed by atoms with van der Waals surface area (Å²) < 4.78 is 10.5. The van der Waals surface area contributed by atoms with Crippen LogP contribution < -0.4 is 15.4 Å². The number of piperazine rings is 1. The van der Waals surface area contributed by atoms with E-state index in [0.717, 1.165) is 62.3 Å². The molecule has 2 N–H and O–H groups in total. The fraction of sp³-hybridized carbons (Fsp3) is 0.636. The van der Waals surface area contributed by atoms with Gasteiger partial charge in [-0.3, -0.25) is 14.5 Å². The Hall–Kier alpha value is -1.55. The number of carbonyl (C=O) groups excluding carboxylic acids is 2. The maximum atomic E-state index is 12.8. The highest BCUT2D eigenvalue weighted by atomic mass is 79.9. The highest BCUT2D eigenvalue weighted by Gasteiger charge is 2.30. The van der Waals surface area contributed by atoms with E-state index >= 15 is 0 Å². The Morgan fingerprint density at radius 1 is 1.34 bits per heavy atom. The van der Waals surface area contributed by atoms with Crippen LogP contribution in [0.4, 0.5) is 5.69 Å². The van der Waals surface area contributed by atoms with Gasteiger partial charge in [-0.1, -0.05) is 24.9 Å². The predicted molar refractivity (Wildman–Crippen MR) is 131 cm³/mol. The summed E-state index contributed by atoms with van der Waals surface area (Å²) in [5, 5.41) is 7.13. The van der Waals surface area contributed by atoms with Crippen LogP contribution in [0.1, 0.15) is 26.7 Å². The van der Waals surface area contributed by atoms with Gasteiger partial charge in [-0.15, -0.1) is 0 Å². The van der Waals surface area contributed by atoms with Gasteiger partial charge in [-0.2, -0.15) is 0 Å². The van der Waals surface area contributed by atoms with Crippen LogP contribution >= 0.6 is 27.5 Å². The molecule has 2 fully saturated rings. The second-order valence-corrected chi connectivity index (χ2v) is 9.09. The standard InChI is InChI=1S/C17H24BrClN4O2.C5H10O2/c1-11(21-15-7-13(18)14(19)8-16(15)25-2)17(24)23-5-3-22(4-6-23)12-9-20-10-12;1-2-3-4-7-5-6/h7-8,11-12,20-21H,3-6,9-10H2,1-2H3;5H,2-4H2,1H3/t11-;/m0./s1. The van der Waals surface area contributed by atoms with Crippen molar-refractivity contribution in [2.45, 2.75) is 38.8 Å². The van der Waals surface area contributed by atoms with Gasteiger partial charge in [0, 0.05) is 55.8 Å². The predicted octanol–water partition coefficient (Wildman–Crippen LogP) is 2.99. The highest BCUT2D eigenvalue weighted by molar-refractivity contribution is 9.10. The molecule has 0 aliphatic carbocycles. The van der Waals surface area contributed by atoms with Crippen molar-refractivity contribution in [3.63, 3.8) is 0 Å². The summed E-state index contributed by atoms with van der Waals surface area (Å²) in [5.41, 5.74) is 0.749. The zero-order valence-corrected chi connectivity index (χ0v) is 21.4. The van der Waals surface area contributed by atoms with Gasteiger partial charge in [0.05, 0.1) is 24.4 Å². The van der Waals surface area contributed by atoms with E-state index in [4.69, 9.17) is 16.3 Å². The van der Waals surface area contributed by atoms with Crippen molar-refractivity contribution in [1.82, 2.24) is 15.1 Å². The van der Waals surface area contributed by atoms with Gasteiger partial charge in [-0.05, 0) is 35.3 Å². The number of ether oxygens (including phenoxy) is 2. The van der Waals surface area contributed by atoms with E-state index in [1.165, 1.54) is 0 Å². The highest BCUT2D eigenvalue weighted by Crippen LogP contribution is 2.34. The summed E-state index contributed by atoms with van der Waals surface area (Å²) in [6, 6.07) is 3.88. The molecule has 1 aromatic rings. The lowest BCUT2D eigenvalue weighted by Gasteiger charge is -2.43. The molecule has 1 aromatic carbocycles. The van der Waals surface area contributed by atoms with E-state index in [-0.39, 0.29) is 11.9 Å². The average Bonchev–Trinajstić information content (AvgIpc) is 2.76. The second-order valence-electron chi connectivity index (χ2n) is 7.83. The van der Waals surface area contributed by atoms with Gasteiger partial charge in [0.15, 0.2) is 0 Å². The van der Waals surface area contributed by atoms with Crippen LogP contribution in [0, 0.1) is 0 Å². The summed E-state index contributed by atoms with van der Waals surface area (Å²) in [4.78, 5) is 26.6. The van der Waals surface area contributed by atoms with Crippen LogP contribution in [0.15, 0.2) is 16.6 Å². The third-order valence-electron chi connectivity index (χ3n) is 5.57. The molecule has 3 rings (SSSR count). The first kappa shape index (κ1) is 26.7. The molecule has 180 valence electrons. The van der Waals surface area contributed by atoms with Crippen LogP contribution in [-0.4, -0.2) is 87.2 Å². The third kappa shape index (κ3) is 7.79. The largest absolute Gasteiger partial charge is 0.495 e. The minimum Gasteiger partial charge on any atom is -0.495 e. The molecule has 8 nitrogen and oxygen atoms in total.